The van der Waals surface area contributed by atoms with E-state index in [0.29, 0.717) is 26.8 Å². The van der Waals surface area contributed by atoms with Gasteiger partial charge in [0.2, 0.25) is 0 Å². The summed E-state index contributed by atoms with van der Waals surface area (Å²) in [5.41, 5.74) is 11.2. The zero-order chi connectivity index (χ0) is 6.15. The third-order valence-corrected chi connectivity index (χ3v) is 5.24. The molecule has 0 bridgehead atoms. The molecule has 4 N–H and O–H groups in total. The molecular weight excluding hydrogens is 215 g/mol. The number of alkyl halides is 1. The van der Waals surface area contributed by atoms with Gasteiger partial charge in [-0.2, -0.15) is 0 Å². The van der Waals surface area contributed by atoms with Gasteiger partial charge in [0.1, 0.15) is 0 Å². The molecule has 0 aliphatic carbocycles. The first kappa shape index (κ1) is 6.64. The van der Waals surface area contributed by atoms with Crippen LogP contribution in [0.4, 0.5) is 0 Å². The predicted molar refractivity (Wildman–Crippen MR) is 45.5 cm³/mol. The van der Waals surface area contributed by atoms with Gasteiger partial charge in [0.15, 0.2) is 0 Å². The van der Waals surface area contributed by atoms with E-state index in [1.807, 2.05) is 6.92 Å². The van der Waals surface area contributed by atoms with Gasteiger partial charge >= 0.3 is 0 Å². The highest BCUT2D eigenvalue weighted by Crippen LogP contribution is 2.18. The zero-order valence-electron chi connectivity index (χ0n) is 4.89. The maximum atomic E-state index is 5.63. The Balaban J connectivity index is 2.49. The molecule has 0 aromatic heterocycles. The van der Waals surface area contributed by atoms with E-state index in [2.05, 4.69) is 0 Å². The van der Waals surface area contributed by atoms with Crippen molar-refractivity contribution in [1.29, 1.82) is 0 Å². The van der Waals surface area contributed by atoms with Gasteiger partial charge in [-0.1, -0.05) is 0 Å². The van der Waals surface area contributed by atoms with Crippen LogP contribution in [-0.4, -0.2) is 20.0 Å². The lowest BCUT2D eigenvalue weighted by molar-refractivity contribution is 0.899. The van der Waals surface area contributed by atoms with Crippen LogP contribution in [0.3, 0.4) is 0 Å². The summed E-state index contributed by atoms with van der Waals surface area (Å²) in [6, 6.07) is 0.634. The molecule has 2 atom stereocenters. The molecule has 8 heavy (non-hydrogen) atoms. The third-order valence-electron chi connectivity index (χ3n) is 1.19. The van der Waals surface area contributed by atoms with Crippen molar-refractivity contribution in [1.82, 2.24) is 0 Å². The lowest BCUT2D eigenvalue weighted by Crippen LogP contribution is -2.46. The number of hydrogen-bond donors (Lipinski definition) is 2. The molecule has 48 valence electrons. The average Bonchev–Trinajstić information content (AvgIpc) is 1.61. The molecular formula is C5H11IN2. The minimum Gasteiger partial charge on any atom is -0.324 e. The topological polar surface area (TPSA) is 52.0 Å². The summed E-state index contributed by atoms with van der Waals surface area (Å²) >= 11 is 0.311. The van der Waals surface area contributed by atoms with Gasteiger partial charge in [-0.3, -0.25) is 0 Å². The summed E-state index contributed by atoms with van der Waals surface area (Å²) in [5.74, 6) is 0. The van der Waals surface area contributed by atoms with Gasteiger partial charge in [0, 0.05) is 16.5 Å². The summed E-state index contributed by atoms with van der Waals surface area (Å²) in [7, 11) is 0. The number of rotatable bonds is 1. The molecule has 2 nitrogen and oxygen atoms in total. The molecule has 0 aromatic carbocycles. The van der Waals surface area contributed by atoms with E-state index in [1.54, 1.807) is 0 Å². The largest absolute Gasteiger partial charge is 0.324 e. The highest BCUT2D eigenvalue weighted by Gasteiger charge is 2.20. The van der Waals surface area contributed by atoms with Crippen molar-refractivity contribution in [3.63, 3.8) is 0 Å². The quantitative estimate of drug-likeness (QED) is 0.481. The van der Waals surface area contributed by atoms with Crippen molar-refractivity contribution >= 4 is 24.2 Å². The first-order valence-electron chi connectivity index (χ1n) is 2.69. The second-order valence-corrected chi connectivity index (χ2v) is 4.96. The van der Waals surface area contributed by atoms with Crippen LogP contribution < -0.4 is 11.5 Å². The Kier molecular flexibility index (Phi) is 2.00. The van der Waals surface area contributed by atoms with Crippen LogP contribution in [0.5, 0.6) is 0 Å². The van der Waals surface area contributed by atoms with Gasteiger partial charge in [0.05, 0.1) is 0 Å². The molecule has 0 spiro atoms. The lowest BCUT2D eigenvalue weighted by atomic mass is 10.1. The van der Waals surface area contributed by atoms with E-state index in [0.717, 1.165) is 0 Å². The smallest absolute Gasteiger partial charge is 0.0410 e. The van der Waals surface area contributed by atoms with Crippen LogP contribution in [0.25, 0.3) is 0 Å². The van der Waals surface area contributed by atoms with E-state index in [-0.39, 0.29) is 6.04 Å². The highest BCUT2D eigenvalue weighted by molar-refractivity contribution is 14.2. The summed E-state index contributed by atoms with van der Waals surface area (Å²) in [5, 5.41) is 0. The standard InChI is InChI=1S/C5H11IN2/c1-3(7)5-4(8)2-6-5/h3-4H,2,7-8H2,1H3. The number of hydrogen-bond acceptors (Lipinski definition) is 2. The molecule has 1 aliphatic heterocycles. The fraction of sp³-hybridized carbons (Fsp3) is 0.800. The van der Waals surface area contributed by atoms with Crippen LogP contribution in [0.2, 0.25) is 0 Å². The Labute approximate surface area is 59.4 Å². The second-order valence-electron chi connectivity index (χ2n) is 2.07. The normalized spacial score (nSPS) is 31.9. The third kappa shape index (κ3) is 1.09. The second kappa shape index (κ2) is 2.41. The Hall–Kier alpha value is 0.520. The maximum Gasteiger partial charge on any atom is 0.0410 e. The number of nitrogens with two attached hydrogens (primary N) is 2. The molecule has 3 heteroatoms. The van der Waals surface area contributed by atoms with Crippen LogP contribution in [0.1, 0.15) is 6.92 Å². The van der Waals surface area contributed by atoms with E-state index in [1.165, 1.54) is 7.94 Å². The molecule has 1 aliphatic rings. The van der Waals surface area contributed by atoms with Gasteiger partial charge in [-0.05, 0) is 10.4 Å². The molecule has 0 radical (unpaired) electrons. The SMILES string of the molecule is CC(N)C1=ICC1N. The summed E-state index contributed by atoms with van der Waals surface area (Å²) in [6.07, 6.45) is 0. The Morgan fingerprint density at radius 2 is 2.50 bits per heavy atom. The van der Waals surface area contributed by atoms with Crippen LogP contribution in [-0.2, 0) is 0 Å². The number of halogens is 1. The molecule has 0 fully saturated rings. The summed E-state index contributed by atoms with van der Waals surface area (Å²) < 4.78 is 2.69. The van der Waals surface area contributed by atoms with Crippen molar-refractivity contribution in [2.45, 2.75) is 19.0 Å². The van der Waals surface area contributed by atoms with Crippen molar-refractivity contribution in [2.75, 3.05) is 4.43 Å². The van der Waals surface area contributed by atoms with Crippen molar-refractivity contribution in [3.8, 4) is 0 Å². The first-order valence-corrected chi connectivity index (χ1v) is 5.29. The van der Waals surface area contributed by atoms with E-state index >= 15 is 0 Å². The van der Waals surface area contributed by atoms with E-state index < -0.39 is 0 Å². The van der Waals surface area contributed by atoms with E-state index in [9.17, 15) is 0 Å². The maximum absolute atomic E-state index is 5.63. The molecule has 0 saturated carbocycles. The average molecular weight is 226 g/mol. The lowest BCUT2D eigenvalue weighted by Gasteiger charge is -2.24. The van der Waals surface area contributed by atoms with Crippen LogP contribution in [0.15, 0.2) is 0 Å². The zero-order valence-corrected chi connectivity index (χ0v) is 7.05. The van der Waals surface area contributed by atoms with Gasteiger partial charge in [-0.25, -0.2) is 0 Å². The van der Waals surface area contributed by atoms with Gasteiger partial charge in [0.25, 0.3) is 0 Å². The van der Waals surface area contributed by atoms with Crippen molar-refractivity contribution in [2.24, 2.45) is 11.5 Å². The van der Waals surface area contributed by atoms with Gasteiger partial charge < -0.3 is 11.5 Å². The highest BCUT2D eigenvalue weighted by atomic mass is 127. The monoisotopic (exact) mass is 226 g/mol. The first-order chi connectivity index (χ1) is 3.72. The van der Waals surface area contributed by atoms with Crippen molar-refractivity contribution in [3.05, 3.63) is 0 Å². The summed E-state index contributed by atoms with van der Waals surface area (Å²) in [6.45, 7) is 2.02. The minimum atomic E-state index is 0.270. The Morgan fingerprint density at radius 1 is 1.88 bits per heavy atom. The molecule has 0 saturated heterocycles. The minimum absolute atomic E-state index is 0.270. The Morgan fingerprint density at radius 3 is 2.50 bits per heavy atom. The molecule has 2 unspecified atom stereocenters. The molecule has 0 amide bonds. The fourth-order valence-electron chi connectivity index (χ4n) is 0.715. The Bertz CT molecular complexity index is 120. The van der Waals surface area contributed by atoms with Crippen molar-refractivity contribution < 1.29 is 0 Å². The predicted octanol–water partition coefficient (Wildman–Crippen LogP) is -0.182. The molecule has 1 rings (SSSR count). The summed E-state index contributed by atoms with van der Waals surface area (Å²) in [4.78, 5) is 0. The van der Waals surface area contributed by atoms with Gasteiger partial charge in [-0.15, -0.1) is 20.7 Å². The molecule has 0 aromatic rings. The van der Waals surface area contributed by atoms with E-state index in [4.69, 9.17) is 11.5 Å². The van der Waals surface area contributed by atoms with Crippen LogP contribution >= 0.6 is 20.7 Å². The molecule has 1 heterocycles. The van der Waals surface area contributed by atoms with Crippen LogP contribution in [0, 0.1) is 0 Å². The fourth-order valence-corrected chi connectivity index (χ4v) is 2.87.